The summed E-state index contributed by atoms with van der Waals surface area (Å²) in [5.41, 5.74) is 11.1. The van der Waals surface area contributed by atoms with E-state index in [0.717, 1.165) is 28.1 Å². The summed E-state index contributed by atoms with van der Waals surface area (Å²) in [5.74, 6) is 0. The van der Waals surface area contributed by atoms with E-state index in [1.807, 2.05) is 49.4 Å². The van der Waals surface area contributed by atoms with E-state index < -0.39 is 0 Å². The molecule has 1 unspecified atom stereocenters. The molecule has 1 aromatic heterocycles. The fraction of sp³-hybridized carbons (Fsp3) is 0.222. The predicted molar refractivity (Wildman–Crippen MR) is 103 cm³/mol. The molecule has 1 aromatic carbocycles. The van der Waals surface area contributed by atoms with Gasteiger partial charge >= 0.3 is 0 Å². The first-order valence-electron chi connectivity index (χ1n) is 7.45. The van der Waals surface area contributed by atoms with Gasteiger partial charge in [0.2, 0.25) is 0 Å². The Morgan fingerprint density at radius 1 is 1.42 bits per heavy atom. The molecule has 2 rings (SSSR count). The van der Waals surface area contributed by atoms with Crippen molar-refractivity contribution in [1.82, 2.24) is 4.98 Å². The van der Waals surface area contributed by atoms with Gasteiger partial charge in [-0.3, -0.25) is 0 Å². The monoisotopic (exact) mass is 339 g/mol. The number of nitrogens with two attached hydrogens (primary N) is 1. The molecule has 0 fully saturated rings. The van der Waals surface area contributed by atoms with Gasteiger partial charge in [-0.2, -0.15) is 5.26 Å². The Labute approximate surface area is 147 Å². The first kappa shape index (κ1) is 17.9. The van der Waals surface area contributed by atoms with Crippen molar-refractivity contribution in [1.29, 1.82) is 5.26 Å². The van der Waals surface area contributed by atoms with Crippen LogP contribution in [0.1, 0.15) is 23.7 Å². The maximum atomic E-state index is 8.88. The van der Waals surface area contributed by atoms with Crippen LogP contribution in [0.15, 0.2) is 43.1 Å². The third kappa shape index (κ3) is 3.88. The zero-order valence-electron chi connectivity index (χ0n) is 14.1. The van der Waals surface area contributed by atoms with Crippen molar-refractivity contribution in [3.8, 4) is 6.07 Å². The number of rotatable bonds is 6. The second-order valence-electron chi connectivity index (χ2n) is 5.41. The second-order valence-corrected chi connectivity index (χ2v) is 6.02. The zero-order chi connectivity index (χ0) is 17.7. The molecule has 0 saturated carbocycles. The van der Waals surface area contributed by atoms with E-state index in [-0.39, 0.29) is 6.17 Å². The maximum absolute atomic E-state index is 8.88. The number of aromatic nitrogens is 1. The normalized spacial score (nSPS) is 11.5. The van der Waals surface area contributed by atoms with E-state index in [1.165, 1.54) is 11.9 Å². The number of benzene rings is 1. The van der Waals surface area contributed by atoms with Gasteiger partial charge in [-0.05, 0) is 36.8 Å². The Kier molecular flexibility index (Phi) is 5.85. The van der Waals surface area contributed by atoms with Gasteiger partial charge in [-0.25, -0.2) is 4.98 Å². The average molecular weight is 339 g/mol. The molecule has 1 atom stereocenters. The molecule has 3 N–H and O–H groups in total. The molecule has 0 aliphatic carbocycles. The molecule has 0 bridgehead atoms. The average Bonchev–Trinajstić information content (AvgIpc) is 2.60. The minimum Gasteiger partial charge on any atom is -0.359 e. The van der Waals surface area contributed by atoms with Gasteiger partial charge in [0.15, 0.2) is 0 Å². The highest BCUT2D eigenvalue weighted by Gasteiger charge is 2.15. The summed E-state index contributed by atoms with van der Waals surface area (Å²) in [4.78, 5) is 6.13. The van der Waals surface area contributed by atoms with Gasteiger partial charge in [0, 0.05) is 42.0 Å². The zero-order valence-corrected chi connectivity index (χ0v) is 14.9. The molecule has 124 valence electrons. The Morgan fingerprint density at radius 2 is 2.17 bits per heavy atom. The van der Waals surface area contributed by atoms with Gasteiger partial charge in [0.25, 0.3) is 0 Å². The summed E-state index contributed by atoms with van der Waals surface area (Å²) in [5, 5.41) is 8.88. The molecule has 2 aromatic rings. The molecule has 6 heteroatoms. The summed E-state index contributed by atoms with van der Waals surface area (Å²) >= 11 is 1.54. The Hall–Kier alpha value is -2.49. The molecule has 0 aliphatic heterocycles. The van der Waals surface area contributed by atoms with Crippen molar-refractivity contribution in [2.75, 3.05) is 22.9 Å². The molecule has 1 heterocycles. The third-order valence-corrected chi connectivity index (χ3v) is 4.20. The Bertz CT molecular complexity index is 762. The van der Waals surface area contributed by atoms with Gasteiger partial charge < -0.3 is 15.4 Å². The summed E-state index contributed by atoms with van der Waals surface area (Å²) < 4.78 is 3.23. The Balaban J connectivity index is 2.46. The minimum atomic E-state index is -0.139. The van der Waals surface area contributed by atoms with Crippen molar-refractivity contribution in [3.05, 3.63) is 59.9 Å². The second kappa shape index (κ2) is 7.86. The number of nitrogens with one attached hydrogen (secondary N) is 1. The first-order chi connectivity index (χ1) is 11.5. The first-order valence-corrected chi connectivity index (χ1v) is 8.67. The van der Waals surface area contributed by atoms with Crippen LogP contribution >= 0.6 is 11.9 Å². The highest BCUT2D eigenvalue weighted by molar-refractivity contribution is 7.99. The summed E-state index contributed by atoms with van der Waals surface area (Å²) in [6.07, 6.45) is 3.51. The molecule has 0 saturated heterocycles. The van der Waals surface area contributed by atoms with Crippen LogP contribution < -0.4 is 15.4 Å². The number of nitriles is 1. The number of nitrogens with zero attached hydrogens (tertiary/aromatic N) is 3. The van der Waals surface area contributed by atoms with E-state index >= 15 is 0 Å². The maximum Gasteiger partial charge on any atom is 0.140 e. The molecular formula is C18H21N5S. The lowest BCUT2D eigenvalue weighted by atomic mass is 9.98. The van der Waals surface area contributed by atoms with Crippen LogP contribution in [0.3, 0.4) is 0 Å². The third-order valence-electron chi connectivity index (χ3n) is 3.76. The van der Waals surface area contributed by atoms with Crippen molar-refractivity contribution in [3.63, 3.8) is 0 Å². The minimum absolute atomic E-state index is 0.139. The van der Waals surface area contributed by atoms with Gasteiger partial charge in [-0.15, -0.1) is 0 Å². The molecule has 0 spiro atoms. The standard InChI is InChI=1S/C18H21N5S/c1-12(14-5-6-16(10-19)21-11-14)17-8-7-15(22-24-4)9-18(17)23(3)13(2)20/h5-9,11,13,22H,1,20H2,2-4H3. The molecule has 0 amide bonds. The van der Waals surface area contributed by atoms with Gasteiger partial charge in [0.05, 0.1) is 6.17 Å². The summed E-state index contributed by atoms with van der Waals surface area (Å²) in [7, 11) is 1.96. The number of pyridine rings is 1. The summed E-state index contributed by atoms with van der Waals surface area (Å²) in [6.45, 7) is 6.15. The predicted octanol–water partition coefficient (Wildman–Crippen LogP) is 3.45. The number of hydrogen-bond donors (Lipinski definition) is 2. The molecular weight excluding hydrogens is 318 g/mol. The highest BCUT2D eigenvalue weighted by Crippen LogP contribution is 2.33. The molecule has 0 radical (unpaired) electrons. The smallest absolute Gasteiger partial charge is 0.140 e. The van der Waals surface area contributed by atoms with Crippen LogP contribution in [-0.4, -0.2) is 24.5 Å². The van der Waals surface area contributed by atoms with E-state index in [2.05, 4.69) is 22.4 Å². The molecule has 24 heavy (non-hydrogen) atoms. The fourth-order valence-corrected chi connectivity index (χ4v) is 2.64. The lowest BCUT2D eigenvalue weighted by Gasteiger charge is -2.27. The Morgan fingerprint density at radius 3 is 2.71 bits per heavy atom. The SMILES string of the molecule is C=C(c1ccc(C#N)nc1)c1ccc(NSC)cc1N(C)C(C)N. The molecule has 0 aliphatic rings. The van der Waals surface area contributed by atoms with Crippen molar-refractivity contribution >= 4 is 28.9 Å². The van der Waals surface area contributed by atoms with Crippen LogP contribution in [0.2, 0.25) is 0 Å². The fourth-order valence-electron chi connectivity index (χ4n) is 2.27. The van der Waals surface area contributed by atoms with Crippen LogP contribution in [0, 0.1) is 11.3 Å². The largest absolute Gasteiger partial charge is 0.359 e. The number of anilines is 2. The van der Waals surface area contributed by atoms with Crippen LogP contribution in [0.5, 0.6) is 0 Å². The van der Waals surface area contributed by atoms with E-state index in [9.17, 15) is 0 Å². The number of hydrogen-bond acceptors (Lipinski definition) is 6. The van der Waals surface area contributed by atoms with Gasteiger partial charge in [-0.1, -0.05) is 24.6 Å². The van der Waals surface area contributed by atoms with E-state index in [0.29, 0.717) is 5.69 Å². The highest BCUT2D eigenvalue weighted by atomic mass is 32.2. The van der Waals surface area contributed by atoms with Crippen molar-refractivity contribution in [2.45, 2.75) is 13.1 Å². The van der Waals surface area contributed by atoms with Crippen molar-refractivity contribution < 1.29 is 0 Å². The van der Waals surface area contributed by atoms with E-state index in [1.54, 1.807) is 12.3 Å². The topological polar surface area (TPSA) is 78.0 Å². The van der Waals surface area contributed by atoms with Crippen LogP contribution in [0.4, 0.5) is 11.4 Å². The lowest BCUT2D eigenvalue weighted by Crippen LogP contribution is -2.36. The quantitative estimate of drug-likeness (QED) is 0.620. The van der Waals surface area contributed by atoms with Gasteiger partial charge in [0.1, 0.15) is 11.8 Å². The van der Waals surface area contributed by atoms with E-state index in [4.69, 9.17) is 11.0 Å². The van der Waals surface area contributed by atoms with Crippen LogP contribution in [-0.2, 0) is 0 Å². The summed E-state index contributed by atoms with van der Waals surface area (Å²) in [6, 6.07) is 11.7. The molecule has 5 nitrogen and oxygen atoms in total. The lowest BCUT2D eigenvalue weighted by molar-refractivity contribution is 0.720. The van der Waals surface area contributed by atoms with Crippen molar-refractivity contribution in [2.24, 2.45) is 5.73 Å². The van der Waals surface area contributed by atoms with Crippen LogP contribution in [0.25, 0.3) is 5.57 Å².